The number of carbonyl (C=O) groups is 1. The largest absolute Gasteiger partial charge is 0.299 e. The van der Waals surface area contributed by atoms with E-state index in [1.807, 2.05) is 0 Å². The second kappa shape index (κ2) is 3.15. The van der Waals surface area contributed by atoms with Gasteiger partial charge in [-0.1, -0.05) is 0 Å². The summed E-state index contributed by atoms with van der Waals surface area (Å²) < 4.78 is 0. The molecule has 1 rings (SSSR count). The summed E-state index contributed by atoms with van der Waals surface area (Å²) in [6.07, 6.45) is 2.52. The van der Waals surface area contributed by atoms with Crippen LogP contribution in [-0.2, 0) is 4.79 Å². The van der Waals surface area contributed by atoms with E-state index in [-0.39, 0.29) is 5.78 Å². The van der Waals surface area contributed by atoms with Gasteiger partial charge in [-0.3, -0.25) is 9.69 Å². The van der Waals surface area contributed by atoms with Gasteiger partial charge in [0.2, 0.25) is 0 Å². The van der Waals surface area contributed by atoms with Crippen LogP contribution in [-0.4, -0.2) is 29.8 Å². The Balaban J connectivity index is 2.33. The molecule has 10 heavy (non-hydrogen) atoms. The number of carbonyl (C=O) groups excluding carboxylic acids is 1. The van der Waals surface area contributed by atoms with Crippen molar-refractivity contribution in [2.75, 3.05) is 13.1 Å². The standard InChI is InChI=1S/C8H15NO/c1-7-4-3-5-9(7)6-8(2)10/h7H,3-6H2,1-2H3. The molecule has 2 nitrogen and oxygen atoms in total. The van der Waals surface area contributed by atoms with Crippen molar-refractivity contribution in [2.45, 2.75) is 32.7 Å². The molecule has 1 aliphatic heterocycles. The zero-order valence-electron chi connectivity index (χ0n) is 6.76. The van der Waals surface area contributed by atoms with Gasteiger partial charge in [-0.05, 0) is 33.2 Å². The average molecular weight is 141 g/mol. The molecule has 58 valence electrons. The number of rotatable bonds is 2. The molecule has 1 saturated heterocycles. The normalized spacial score (nSPS) is 27.2. The highest BCUT2D eigenvalue weighted by molar-refractivity contribution is 5.77. The van der Waals surface area contributed by atoms with Gasteiger partial charge < -0.3 is 0 Å². The topological polar surface area (TPSA) is 20.3 Å². The van der Waals surface area contributed by atoms with Crippen molar-refractivity contribution in [2.24, 2.45) is 0 Å². The van der Waals surface area contributed by atoms with Crippen molar-refractivity contribution in [1.82, 2.24) is 4.90 Å². The zero-order chi connectivity index (χ0) is 7.56. The Kier molecular flexibility index (Phi) is 2.44. The molecule has 1 heterocycles. The molecule has 0 aromatic heterocycles. The van der Waals surface area contributed by atoms with Crippen molar-refractivity contribution in [3.8, 4) is 0 Å². The van der Waals surface area contributed by atoms with Gasteiger partial charge in [0, 0.05) is 6.04 Å². The first-order chi connectivity index (χ1) is 4.70. The molecule has 0 saturated carbocycles. The maximum Gasteiger partial charge on any atom is 0.143 e. The minimum Gasteiger partial charge on any atom is -0.299 e. The third-order valence-electron chi connectivity index (χ3n) is 2.12. The van der Waals surface area contributed by atoms with Crippen LogP contribution in [0.4, 0.5) is 0 Å². The Labute approximate surface area is 62.2 Å². The smallest absolute Gasteiger partial charge is 0.143 e. The summed E-state index contributed by atoms with van der Waals surface area (Å²) in [6, 6.07) is 0.629. The molecule has 0 amide bonds. The second-order valence-corrected chi connectivity index (χ2v) is 3.16. The van der Waals surface area contributed by atoms with Crippen LogP contribution >= 0.6 is 0 Å². The molecule has 0 radical (unpaired) electrons. The predicted molar refractivity (Wildman–Crippen MR) is 41.0 cm³/mol. The molecule has 0 bridgehead atoms. The molecule has 1 aliphatic rings. The van der Waals surface area contributed by atoms with Crippen LogP contribution in [0.15, 0.2) is 0 Å². The highest BCUT2D eigenvalue weighted by Crippen LogP contribution is 2.15. The molecule has 1 unspecified atom stereocenters. The minimum absolute atomic E-state index is 0.286. The van der Waals surface area contributed by atoms with Crippen LogP contribution in [0, 0.1) is 0 Å². The molecule has 0 aromatic carbocycles. The number of hydrogen-bond donors (Lipinski definition) is 0. The molecular weight excluding hydrogens is 126 g/mol. The lowest BCUT2D eigenvalue weighted by Crippen LogP contribution is -2.31. The third kappa shape index (κ3) is 1.81. The van der Waals surface area contributed by atoms with E-state index in [1.54, 1.807) is 6.92 Å². The van der Waals surface area contributed by atoms with E-state index in [0.717, 1.165) is 6.54 Å². The zero-order valence-corrected chi connectivity index (χ0v) is 6.76. The van der Waals surface area contributed by atoms with Crippen molar-refractivity contribution in [3.63, 3.8) is 0 Å². The molecule has 0 aliphatic carbocycles. The first kappa shape index (κ1) is 7.73. The number of ketones is 1. The van der Waals surface area contributed by atoms with E-state index >= 15 is 0 Å². The summed E-state index contributed by atoms with van der Waals surface area (Å²) >= 11 is 0. The molecule has 0 aromatic rings. The van der Waals surface area contributed by atoms with E-state index in [9.17, 15) is 4.79 Å². The lowest BCUT2D eigenvalue weighted by molar-refractivity contribution is -0.118. The molecule has 0 spiro atoms. The van der Waals surface area contributed by atoms with E-state index in [1.165, 1.54) is 12.8 Å². The van der Waals surface area contributed by atoms with Crippen molar-refractivity contribution in [1.29, 1.82) is 0 Å². The lowest BCUT2D eigenvalue weighted by Gasteiger charge is -2.18. The van der Waals surface area contributed by atoms with Gasteiger partial charge in [-0.2, -0.15) is 0 Å². The predicted octanol–water partition coefficient (Wildman–Crippen LogP) is 1.06. The molecule has 2 heteroatoms. The van der Waals surface area contributed by atoms with Crippen molar-refractivity contribution < 1.29 is 4.79 Å². The molecule has 1 fully saturated rings. The third-order valence-corrected chi connectivity index (χ3v) is 2.12. The van der Waals surface area contributed by atoms with Crippen molar-refractivity contribution in [3.05, 3.63) is 0 Å². The summed E-state index contributed by atoms with van der Waals surface area (Å²) in [4.78, 5) is 13.0. The van der Waals surface area contributed by atoms with Crippen LogP contribution in [0.1, 0.15) is 26.7 Å². The first-order valence-corrected chi connectivity index (χ1v) is 3.93. The summed E-state index contributed by atoms with van der Waals surface area (Å²) in [5.74, 6) is 0.286. The maximum atomic E-state index is 10.7. The fourth-order valence-electron chi connectivity index (χ4n) is 1.51. The Hall–Kier alpha value is -0.370. The Bertz CT molecular complexity index is 133. The van der Waals surface area contributed by atoms with Gasteiger partial charge in [-0.15, -0.1) is 0 Å². The highest BCUT2D eigenvalue weighted by atomic mass is 16.1. The first-order valence-electron chi connectivity index (χ1n) is 3.93. The molecular formula is C8H15NO. The monoisotopic (exact) mass is 141 g/mol. The van der Waals surface area contributed by atoms with Crippen LogP contribution in [0.25, 0.3) is 0 Å². The van der Waals surface area contributed by atoms with Crippen LogP contribution in [0.2, 0.25) is 0 Å². The Morgan fingerprint density at radius 2 is 2.40 bits per heavy atom. The van der Waals surface area contributed by atoms with Crippen LogP contribution in [0.5, 0.6) is 0 Å². The van der Waals surface area contributed by atoms with Crippen LogP contribution in [0.3, 0.4) is 0 Å². The van der Waals surface area contributed by atoms with Gasteiger partial charge in [0.25, 0.3) is 0 Å². The van der Waals surface area contributed by atoms with Gasteiger partial charge >= 0.3 is 0 Å². The summed E-state index contributed by atoms with van der Waals surface area (Å²) in [7, 11) is 0. The fraction of sp³-hybridized carbons (Fsp3) is 0.875. The average Bonchev–Trinajstić information content (AvgIpc) is 2.15. The van der Waals surface area contributed by atoms with Gasteiger partial charge in [-0.25, -0.2) is 0 Å². The number of hydrogen-bond acceptors (Lipinski definition) is 2. The van der Waals surface area contributed by atoms with Gasteiger partial charge in [0.15, 0.2) is 0 Å². The Morgan fingerprint density at radius 3 is 2.80 bits per heavy atom. The summed E-state index contributed by atoms with van der Waals surface area (Å²) in [6.45, 7) is 5.61. The highest BCUT2D eigenvalue weighted by Gasteiger charge is 2.20. The molecule has 1 atom stereocenters. The van der Waals surface area contributed by atoms with Crippen molar-refractivity contribution >= 4 is 5.78 Å². The quantitative estimate of drug-likeness (QED) is 0.573. The van der Waals surface area contributed by atoms with E-state index in [4.69, 9.17) is 0 Å². The van der Waals surface area contributed by atoms with Gasteiger partial charge in [0.1, 0.15) is 5.78 Å². The second-order valence-electron chi connectivity index (χ2n) is 3.16. The van der Waals surface area contributed by atoms with Crippen LogP contribution < -0.4 is 0 Å². The SMILES string of the molecule is CC(=O)CN1CCCC1C. The number of likely N-dealkylation sites (tertiary alicyclic amines) is 1. The van der Waals surface area contributed by atoms with E-state index in [0.29, 0.717) is 12.6 Å². The summed E-state index contributed by atoms with van der Waals surface area (Å²) in [5, 5.41) is 0. The lowest BCUT2D eigenvalue weighted by atomic mass is 10.2. The molecule has 0 N–H and O–H groups in total. The number of Topliss-reactive ketones (excluding diaryl/α,β-unsaturated/α-hetero) is 1. The maximum absolute atomic E-state index is 10.7. The van der Waals surface area contributed by atoms with Gasteiger partial charge in [0.05, 0.1) is 6.54 Å². The Morgan fingerprint density at radius 1 is 1.70 bits per heavy atom. The minimum atomic E-state index is 0.286. The number of nitrogens with zero attached hydrogens (tertiary/aromatic N) is 1. The van der Waals surface area contributed by atoms with E-state index in [2.05, 4.69) is 11.8 Å². The summed E-state index contributed by atoms with van der Waals surface area (Å²) in [5.41, 5.74) is 0. The fourth-order valence-corrected chi connectivity index (χ4v) is 1.51. The van der Waals surface area contributed by atoms with E-state index < -0.39 is 0 Å².